The van der Waals surface area contributed by atoms with E-state index in [0.717, 1.165) is 24.8 Å². The third-order valence-electron chi connectivity index (χ3n) is 4.29. The summed E-state index contributed by atoms with van der Waals surface area (Å²) in [5.41, 5.74) is -0.0407. The van der Waals surface area contributed by atoms with Crippen molar-refractivity contribution in [3.05, 3.63) is 35.4 Å². The largest absolute Gasteiger partial charge is 0.416 e. The minimum atomic E-state index is -4.31. The number of aliphatic imine (C=N–C) groups is 1. The van der Waals surface area contributed by atoms with E-state index in [0.29, 0.717) is 24.1 Å². The van der Waals surface area contributed by atoms with Gasteiger partial charge in [0.1, 0.15) is 0 Å². The lowest BCUT2D eigenvalue weighted by Gasteiger charge is -2.28. The number of benzene rings is 1. The number of alkyl halides is 3. The van der Waals surface area contributed by atoms with E-state index in [2.05, 4.69) is 22.5 Å². The van der Waals surface area contributed by atoms with Crippen molar-refractivity contribution in [2.24, 2.45) is 10.9 Å². The summed E-state index contributed by atoms with van der Waals surface area (Å²) in [7, 11) is 1.67. The van der Waals surface area contributed by atoms with Gasteiger partial charge in [-0.15, -0.1) is 0 Å². The van der Waals surface area contributed by atoms with Crippen LogP contribution in [0.15, 0.2) is 29.3 Å². The molecule has 0 spiro atoms. The van der Waals surface area contributed by atoms with Crippen LogP contribution in [0.4, 0.5) is 13.2 Å². The molecule has 0 heterocycles. The molecule has 23 heavy (non-hydrogen) atoms. The smallest absolute Gasteiger partial charge is 0.354 e. The SMILES string of the molecule is CN=C(NCc1cccc(C(F)(F)F)c1)NC1CCC(C)CC1. The van der Waals surface area contributed by atoms with Crippen molar-refractivity contribution in [1.29, 1.82) is 0 Å². The lowest BCUT2D eigenvalue weighted by molar-refractivity contribution is -0.137. The van der Waals surface area contributed by atoms with Gasteiger partial charge in [0.25, 0.3) is 0 Å². The number of hydrogen-bond acceptors (Lipinski definition) is 1. The Balaban J connectivity index is 1.88. The van der Waals surface area contributed by atoms with E-state index in [1.165, 1.54) is 25.0 Å². The van der Waals surface area contributed by atoms with Crippen LogP contribution in [0.2, 0.25) is 0 Å². The molecule has 0 aliphatic heterocycles. The second-order valence-electron chi connectivity index (χ2n) is 6.23. The molecule has 2 N–H and O–H groups in total. The van der Waals surface area contributed by atoms with E-state index in [-0.39, 0.29) is 0 Å². The van der Waals surface area contributed by atoms with Crippen LogP contribution in [0.25, 0.3) is 0 Å². The van der Waals surface area contributed by atoms with E-state index >= 15 is 0 Å². The van der Waals surface area contributed by atoms with Gasteiger partial charge >= 0.3 is 6.18 Å². The number of nitrogens with one attached hydrogen (secondary N) is 2. The highest BCUT2D eigenvalue weighted by Gasteiger charge is 2.30. The molecule has 0 radical (unpaired) electrons. The van der Waals surface area contributed by atoms with Crippen LogP contribution in [0.5, 0.6) is 0 Å². The summed E-state index contributed by atoms with van der Waals surface area (Å²) in [5.74, 6) is 1.41. The maximum atomic E-state index is 12.7. The zero-order valence-electron chi connectivity index (χ0n) is 13.6. The highest BCUT2D eigenvalue weighted by molar-refractivity contribution is 5.79. The molecule has 1 aromatic carbocycles. The van der Waals surface area contributed by atoms with Gasteiger partial charge in [-0.1, -0.05) is 19.1 Å². The highest BCUT2D eigenvalue weighted by Crippen LogP contribution is 2.29. The summed E-state index contributed by atoms with van der Waals surface area (Å²) >= 11 is 0. The first-order valence-corrected chi connectivity index (χ1v) is 8.02. The Hall–Kier alpha value is -1.72. The molecule has 1 aromatic rings. The van der Waals surface area contributed by atoms with Gasteiger partial charge in [-0.3, -0.25) is 4.99 Å². The average Bonchev–Trinajstić information content (AvgIpc) is 2.53. The summed E-state index contributed by atoms with van der Waals surface area (Å²) in [6, 6.07) is 5.75. The van der Waals surface area contributed by atoms with Crippen LogP contribution in [0.1, 0.15) is 43.7 Å². The van der Waals surface area contributed by atoms with Gasteiger partial charge in [-0.2, -0.15) is 13.2 Å². The van der Waals surface area contributed by atoms with Crippen LogP contribution >= 0.6 is 0 Å². The van der Waals surface area contributed by atoms with Gasteiger partial charge in [0.15, 0.2) is 5.96 Å². The quantitative estimate of drug-likeness (QED) is 0.651. The Bertz CT molecular complexity index is 532. The van der Waals surface area contributed by atoms with Gasteiger partial charge in [0, 0.05) is 19.6 Å². The van der Waals surface area contributed by atoms with Crippen LogP contribution in [0.3, 0.4) is 0 Å². The van der Waals surface area contributed by atoms with Crippen molar-refractivity contribution in [2.45, 2.75) is 51.4 Å². The van der Waals surface area contributed by atoms with E-state index < -0.39 is 11.7 Å². The molecule has 6 heteroatoms. The van der Waals surface area contributed by atoms with Crippen LogP contribution in [-0.4, -0.2) is 19.0 Å². The van der Waals surface area contributed by atoms with Gasteiger partial charge in [0.05, 0.1) is 5.56 Å². The monoisotopic (exact) mass is 327 g/mol. The lowest BCUT2D eigenvalue weighted by Crippen LogP contribution is -2.44. The topological polar surface area (TPSA) is 36.4 Å². The number of guanidine groups is 1. The first-order chi connectivity index (χ1) is 10.9. The summed E-state index contributed by atoms with van der Waals surface area (Å²) in [6.45, 7) is 2.57. The molecule has 1 saturated carbocycles. The number of nitrogens with zero attached hydrogens (tertiary/aromatic N) is 1. The second-order valence-corrected chi connectivity index (χ2v) is 6.23. The van der Waals surface area contributed by atoms with Crippen molar-refractivity contribution in [3.63, 3.8) is 0 Å². The molecule has 3 nitrogen and oxygen atoms in total. The molecular formula is C17H24F3N3. The van der Waals surface area contributed by atoms with Crippen LogP contribution < -0.4 is 10.6 Å². The minimum absolute atomic E-state index is 0.312. The summed E-state index contributed by atoms with van der Waals surface area (Å²) in [4.78, 5) is 4.16. The van der Waals surface area contributed by atoms with Gasteiger partial charge in [-0.05, 0) is 49.3 Å². The summed E-state index contributed by atoms with van der Waals surface area (Å²) < 4.78 is 38.2. The molecular weight excluding hydrogens is 303 g/mol. The predicted molar refractivity (Wildman–Crippen MR) is 86.2 cm³/mol. The van der Waals surface area contributed by atoms with Crippen LogP contribution in [-0.2, 0) is 12.7 Å². The molecule has 1 aliphatic rings. The second kappa shape index (κ2) is 7.70. The molecule has 0 unspecified atom stereocenters. The van der Waals surface area contributed by atoms with Crippen molar-refractivity contribution in [3.8, 4) is 0 Å². The fraction of sp³-hybridized carbons (Fsp3) is 0.588. The van der Waals surface area contributed by atoms with Crippen molar-refractivity contribution in [2.75, 3.05) is 7.05 Å². The van der Waals surface area contributed by atoms with Gasteiger partial charge < -0.3 is 10.6 Å². The highest BCUT2D eigenvalue weighted by atomic mass is 19.4. The molecule has 1 fully saturated rings. The van der Waals surface area contributed by atoms with E-state index in [1.807, 2.05) is 0 Å². The van der Waals surface area contributed by atoms with Crippen molar-refractivity contribution < 1.29 is 13.2 Å². The maximum absolute atomic E-state index is 12.7. The Morgan fingerprint density at radius 2 is 1.91 bits per heavy atom. The third-order valence-corrected chi connectivity index (χ3v) is 4.29. The summed E-state index contributed by atoms with van der Waals surface area (Å²) in [6.07, 6.45) is 0.288. The first kappa shape index (κ1) is 17.6. The predicted octanol–water partition coefficient (Wildman–Crippen LogP) is 3.95. The Labute approximate surface area is 135 Å². The van der Waals surface area contributed by atoms with Crippen molar-refractivity contribution >= 4 is 5.96 Å². The molecule has 0 aromatic heterocycles. The van der Waals surface area contributed by atoms with E-state index in [1.54, 1.807) is 13.1 Å². The fourth-order valence-corrected chi connectivity index (χ4v) is 2.84. The average molecular weight is 327 g/mol. The summed E-state index contributed by atoms with van der Waals surface area (Å²) in [5, 5.41) is 6.45. The van der Waals surface area contributed by atoms with E-state index in [4.69, 9.17) is 0 Å². The standard InChI is InChI=1S/C17H24F3N3/c1-12-6-8-15(9-7-12)23-16(21-2)22-11-13-4-3-5-14(10-13)17(18,19)20/h3-5,10,12,15H,6-9,11H2,1-2H3,(H2,21,22,23). The molecule has 0 bridgehead atoms. The third kappa shape index (κ3) is 5.44. The molecule has 128 valence electrons. The zero-order valence-corrected chi connectivity index (χ0v) is 13.6. The number of rotatable bonds is 3. The van der Waals surface area contributed by atoms with E-state index in [9.17, 15) is 13.2 Å². The molecule has 2 rings (SSSR count). The van der Waals surface area contributed by atoms with Crippen molar-refractivity contribution in [1.82, 2.24) is 10.6 Å². The number of halogens is 3. The first-order valence-electron chi connectivity index (χ1n) is 8.02. The molecule has 0 atom stereocenters. The molecule has 0 amide bonds. The Morgan fingerprint density at radius 1 is 1.22 bits per heavy atom. The zero-order chi connectivity index (χ0) is 16.9. The molecule has 1 aliphatic carbocycles. The maximum Gasteiger partial charge on any atom is 0.416 e. The molecule has 0 saturated heterocycles. The minimum Gasteiger partial charge on any atom is -0.354 e. The number of hydrogen-bond donors (Lipinski definition) is 2. The van der Waals surface area contributed by atoms with Gasteiger partial charge in [-0.25, -0.2) is 0 Å². The Morgan fingerprint density at radius 3 is 2.52 bits per heavy atom. The fourth-order valence-electron chi connectivity index (χ4n) is 2.84. The Kier molecular flexibility index (Phi) is 5.91. The normalized spacial score (nSPS) is 22.7. The van der Waals surface area contributed by atoms with Crippen LogP contribution in [0, 0.1) is 5.92 Å². The lowest BCUT2D eigenvalue weighted by atomic mass is 9.87. The van der Waals surface area contributed by atoms with Gasteiger partial charge in [0.2, 0.25) is 0 Å².